The van der Waals surface area contributed by atoms with E-state index in [9.17, 15) is 0 Å². The normalized spacial score (nSPS) is 13.6. The molecule has 0 aromatic rings. The maximum atomic E-state index is 8.85. The molecule has 0 aliphatic heterocycles. The molecule has 0 rings (SSSR count). The van der Waals surface area contributed by atoms with Crippen LogP contribution in [0.1, 0.15) is 20.3 Å². The molecule has 0 saturated heterocycles. The summed E-state index contributed by atoms with van der Waals surface area (Å²) in [6.07, 6.45) is -1.00. The fourth-order valence-corrected chi connectivity index (χ4v) is 2.37. The van der Waals surface area contributed by atoms with E-state index in [1.54, 1.807) is 0 Å². The quantitative estimate of drug-likeness (QED) is 0.443. The maximum Gasteiger partial charge on any atom is 0.238 e. The predicted octanol–water partition coefficient (Wildman–Crippen LogP) is 1.91. The average molecular weight is 280 g/mol. The molecule has 0 saturated carbocycles. The standard InChI is InChI=1S/C9H19Cl3NO2/c1-3-13(4-2,6-5-8(14)15)7-9(10,11)12/h8,14-15H,3-7H2,1-2H3/q+1. The molecular weight excluding hydrogens is 260 g/mol. The zero-order valence-corrected chi connectivity index (χ0v) is 11.4. The Balaban J connectivity index is 4.44. The van der Waals surface area contributed by atoms with Gasteiger partial charge in [0.05, 0.1) is 19.6 Å². The lowest BCUT2D eigenvalue weighted by Crippen LogP contribution is -2.53. The Kier molecular flexibility index (Phi) is 6.80. The molecule has 0 radical (unpaired) electrons. The lowest BCUT2D eigenvalue weighted by atomic mass is 10.2. The van der Waals surface area contributed by atoms with Crippen molar-refractivity contribution in [1.82, 2.24) is 0 Å². The molecule has 0 atom stereocenters. The molecule has 0 aromatic heterocycles. The summed E-state index contributed by atoms with van der Waals surface area (Å²) in [5, 5.41) is 17.7. The molecule has 0 aliphatic carbocycles. The molecular formula is C9H19Cl3NO2+. The molecule has 0 unspecified atom stereocenters. The third-order valence-electron chi connectivity index (χ3n) is 2.72. The van der Waals surface area contributed by atoms with Gasteiger partial charge in [0, 0.05) is 6.42 Å². The minimum Gasteiger partial charge on any atom is -0.368 e. The van der Waals surface area contributed by atoms with Crippen molar-refractivity contribution in [3.8, 4) is 0 Å². The summed E-state index contributed by atoms with van der Waals surface area (Å²) in [6.45, 7) is 6.59. The highest BCUT2D eigenvalue weighted by molar-refractivity contribution is 6.67. The smallest absolute Gasteiger partial charge is 0.238 e. The van der Waals surface area contributed by atoms with Crippen LogP contribution in [-0.2, 0) is 0 Å². The molecule has 0 spiro atoms. The van der Waals surface area contributed by atoms with Crippen molar-refractivity contribution in [3.05, 3.63) is 0 Å². The molecule has 0 heterocycles. The van der Waals surface area contributed by atoms with Crippen molar-refractivity contribution in [2.24, 2.45) is 0 Å². The summed E-state index contributed by atoms with van der Waals surface area (Å²) in [5.74, 6) is 0. The Hall–Kier alpha value is 0.750. The largest absolute Gasteiger partial charge is 0.368 e. The summed E-state index contributed by atoms with van der Waals surface area (Å²) in [5.41, 5.74) is 0. The first kappa shape index (κ1) is 15.8. The van der Waals surface area contributed by atoms with Crippen LogP contribution in [0.15, 0.2) is 0 Å². The molecule has 0 bridgehead atoms. The van der Waals surface area contributed by atoms with E-state index in [0.717, 1.165) is 13.1 Å². The second-order valence-electron chi connectivity index (χ2n) is 3.74. The summed E-state index contributed by atoms with van der Waals surface area (Å²) in [6, 6.07) is 0. The van der Waals surface area contributed by atoms with Crippen LogP contribution in [-0.4, -0.2) is 51.0 Å². The highest BCUT2D eigenvalue weighted by Gasteiger charge is 2.35. The zero-order chi connectivity index (χ0) is 12.1. The zero-order valence-electron chi connectivity index (χ0n) is 9.09. The number of aliphatic hydroxyl groups is 2. The Morgan fingerprint density at radius 2 is 1.60 bits per heavy atom. The fourth-order valence-electron chi connectivity index (χ4n) is 1.61. The lowest BCUT2D eigenvalue weighted by Gasteiger charge is -2.39. The monoisotopic (exact) mass is 278 g/mol. The summed E-state index contributed by atoms with van der Waals surface area (Å²) in [4.78, 5) is 0. The summed E-state index contributed by atoms with van der Waals surface area (Å²) >= 11 is 17.3. The number of rotatable bonds is 6. The van der Waals surface area contributed by atoms with Gasteiger partial charge in [-0.2, -0.15) is 0 Å². The van der Waals surface area contributed by atoms with E-state index in [2.05, 4.69) is 0 Å². The number of alkyl halides is 3. The van der Waals surface area contributed by atoms with E-state index in [1.165, 1.54) is 0 Å². The highest BCUT2D eigenvalue weighted by atomic mass is 35.6. The Bertz CT molecular complexity index is 179. The van der Waals surface area contributed by atoms with E-state index in [-0.39, 0.29) is 0 Å². The van der Waals surface area contributed by atoms with Crippen molar-refractivity contribution >= 4 is 34.8 Å². The van der Waals surface area contributed by atoms with E-state index >= 15 is 0 Å². The fraction of sp³-hybridized carbons (Fsp3) is 1.00. The van der Waals surface area contributed by atoms with Gasteiger partial charge in [0.1, 0.15) is 6.54 Å². The van der Waals surface area contributed by atoms with Crippen LogP contribution in [0.2, 0.25) is 0 Å². The van der Waals surface area contributed by atoms with Gasteiger partial charge in [0.15, 0.2) is 6.29 Å². The maximum absolute atomic E-state index is 8.85. The third kappa shape index (κ3) is 6.82. The number of hydrogen-bond donors (Lipinski definition) is 2. The minimum absolute atomic E-state index is 0.294. The molecule has 2 N–H and O–H groups in total. The first-order chi connectivity index (χ1) is 6.74. The van der Waals surface area contributed by atoms with Crippen LogP contribution in [0, 0.1) is 0 Å². The number of hydrogen-bond acceptors (Lipinski definition) is 2. The van der Waals surface area contributed by atoms with Gasteiger partial charge in [0.2, 0.25) is 3.79 Å². The van der Waals surface area contributed by atoms with Crippen LogP contribution in [0.4, 0.5) is 0 Å². The van der Waals surface area contributed by atoms with E-state index < -0.39 is 10.1 Å². The molecule has 15 heavy (non-hydrogen) atoms. The molecule has 0 aliphatic rings. The van der Waals surface area contributed by atoms with Gasteiger partial charge in [0.25, 0.3) is 0 Å². The summed E-state index contributed by atoms with van der Waals surface area (Å²) in [7, 11) is 0. The van der Waals surface area contributed by atoms with Crippen LogP contribution in [0.5, 0.6) is 0 Å². The van der Waals surface area contributed by atoms with Crippen molar-refractivity contribution in [1.29, 1.82) is 0 Å². The molecule has 92 valence electrons. The van der Waals surface area contributed by atoms with Gasteiger partial charge in [-0.1, -0.05) is 34.8 Å². The van der Waals surface area contributed by atoms with Crippen molar-refractivity contribution in [2.75, 3.05) is 26.2 Å². The van der Waals surface area contributed by atoms with Crippen molar-refractivity contribution < 1.29 is 14.7 Å². The Morgan fingerprint density at radius 1 is 1.13 bits per heavy atom. The van der Waals surface area contributed by atoms with Crippen LogP contribution in [0.3, 0.4) is 0 Å². The number of nitrogens with zero attached hydrogens (tertiary/aromatic N) is 1. The number of halogens is 3. The van der Waals surface area contributed by atoms with Crippen LogP contribution in [0.25, 0.3) is 0 Å². The second kappa shape index (κ2) is 6.48. The van der Waals surface area contributed by atoms with Crippen molar-refractivity contribution in [2.45, 2.75) is 30.4 Å². The first-order valence-corrected chi connectivity index (χ1v) is 6.16. The van der Waals surface area contributed by atoms with Gasteiger partial charge < -0.3 is 14.7 Å². The van der Waals surface area contributed by atoms with Gasteiger partial charge in [-0.05, 0) is 13.8 Å². The third-order valence-corrected chi connectivity index (χ3v) is 3.08. The van der Waals surface area contributed by atoms with E-state index in [4.69, 9.17) is 45.0 Å². The predicted molar refractivity (Wildman–Crippen MR) is 64.2 cm³/mol. The first-order valence-electron chi connectivity index (χ1n) is 5.02. The second-order valence-corrected chi connectivity index (χ2v) is 6.26. The highest BCUT2D eigenvalue weighted by Crippen LogP contribution is 2.30. The van der Waals surface area contributed by atoms with Crippen LogP contribution < -0.4 is 0 Å². The van der Waals surface area contributed by atoms with Gasteiger partial charge in [-0.25, -0.2) is 0 Å². The topological polar surface area (TPSA) is 40.5 Å². The van der Waals surface area contributed by atoms with Gasteiger partial charge in [-0.3, -0.25) is 0 Å². The Labute approximate surface area is 106 Å². The number of aliphatic hydroxyl groups excluding tert-OH is 1. The minimum atomic E-state index is -1.30. The molecule has 3 nitrogen and oxygen atoms in total. The van der Waals surface area contributed by atoms with Crippen molar-refractivity contribution in [3.63, 3.8) is 0 Å². The molecule has 0 aromatic carbocycles. The van der Waals surface area contributed by atoms with Gasteiger partial charge >= 0.3 is 0 Å². The van der Waals surface area contributed by atoms with E-state index in [1.807, 2.05) is 13.8 Å². The Morgan fingerprint density at radius 3 is 1.87 bits per heavy atom. The SMILES string of the molecule is CC[N+](CC)(CCC(O)O)CC(Cl)(Cl)Cl. The van der Waals surface area contributed by atoms with Crippen LogP contribution >= 0.6 is 34.8 Å². The lowest BCUT2D eigenvalue weighted by molar-refractivity contribution is -0.925. The molecule has 0 fully saturated rings. The molecule has 0 amide bonds. The average Bonchev–Trinajstić information content (AvgIpc) is 2.10. The number of quaternary nitrogens is 1. The summed E-state index contributed by atoms with van der Waals surface area (Å²) < 4.78 is -0.722. The van der Waals surface area contributed by atoms with E-state index in [0.29, 0.717) is 24.0 Å². The molecule has 6 heteroatoms. The van der Waals surface area contributed by atoms with Gasteiger partial charge in [-0.15, -0.1) is 0 Å².